The molecule has 0 radical (unpaired) electrons. The number of aromatic amines is 1. The fourth-order valence-electron chi connectivity index (χ4n) is 4.96. The van der Waals surface area contributed by atoms with E-state index in [1.807, 2.05) is 0 Å². The number of alkyl halides is 3. The predicted molar refractivity (Wildman–Crippen MR) is 156 cm³/mol. The van der Waals surface area contributed by atoms with Crippen molar-refractivity contribution in [2.75, 3.05) is 31.5 Å². The van der Waals surface area contributed by atoms with Crippen LogP contribution in [-0.2, 0) is 26.6 Å². The summed E-state index contributed by atoms with van der Waals surface area (Å²) in [6.45, 7) is 10.6. The normalized spacial score (nSPS) is 14.4. The number of aryl methyl sites for hydroxylation is 1. The van der Waals surface area contributed by atoms with Crippen LogP contribution in [0.4, 0.5) is 18.9 Å². The molecule has 3 N–H and O–H groups in total. The zero-order chi connectivity index (χ0) is 30.8. The van der Waals surface area contributed by atoms with Crippen molar-refractivity contribution in [1.82, 2.24) is 15.2 Å². The lowest BCUT2D eigenvalue weighted by Gasteiger charge is -2.18. The number of carbonyl (C=O) groups excluding carboxylic acids is 2. The van der Waals surface area contributed by atoms with E-state index >= 15 is 0 Å². The van der Waals surface area contributed by atoms with E-state index in [4.69, 9.17) is 0 Å². The molecule has 0 atom stereocenters. The molecule has 42 heavy (non-hydrogen) atoms. The number of carbonyl (C=O) groups is 2. The number of hydrogen-bond donors (Lipinski definition) is 3. The Labute approximate surface area is 242 Å². The summed E-state index contributed by atoms with van der Waals surface area (Å²) < 4.78 is 65.0. The smallest absolute Gasteiger partial charge is 0.358 e. The van der Waals surface area contributed by atoms with E-state index in [2.05, 4.69) is 34.4 Å². The van der Waals surface area contributed by atoms with E-state index in [9.17, 15) is 31.2 Å². The van der Waals surface area contributed by atoms with Crippen LogP contribution in [0.25, 0.3) is 11.6 Å². The number of aromatic nitrogens is 1. The molecule has 0 saturated heterocycles. The Morgan fingerprint density at radius 1 is 1.05 bits per heavy atom. The van der Waals surface area contributed by atoms with Crippen LogP contribution >= 0.6 is 0 Å². The summed E-state index contributed by atoms with van der Waals surface area (Å²) in [6, 6.07) is 8.18. The van der Waals surface area contributed by atoms with Crippen molar-refractivity contribution in [3.8, 4) is 0 Å². The average molecular weight is 603 g/mol. The predicted octanol–water partition coefficient (Wildman–Crippen LogP) is 5.19. The minimum Gasteiger partial charge on any atom is -0.358 e. The quantitative estimate of drug-likeness (QED) is 0.277. The molecule has 1 aromatic heterocycles. The molecule has 224 valence electrons. The molecule has 0 bridgehead atoms. The molecule has 0 spiro atoms. The number of anilines is 1. The summed E-state index contributed by atoms with van der Waals surface area (Å²) in [4.78, 5) is 31.1. The van der Waals surface area contributed by atoms with Crippen LogP contribution in [0.15, 0.2) is 47.4 Å². The van der Waals surface area contributed by atoms with Gasteiger partial charge in [0.1, 0.15) is 0 Å². The van der Waals surface area contributed by atoms with Gasteiger partial charge in [-0.05, 0) is 74.5 Å². The van der Waals surface area contributed by atoms with Crippen molar-refractivity contribution in [3.63, 3.8) is 0 Å². The number of amides is 2. The zero-order valence-electron chi connectivity index (χ0n) is 23.8. The molecule has 12 heteroatoms. The molecule has 1 aliphatic heterocycles. The first kappa shape index (κ1) is 31.0. The molecule has 1 aliphatic rings. The Balaban J connectivity index is 1.59. The highest BCUT2D eigenvalue weighted by molar-refractivity contribution is 7.90. The minimum absolute atomic E-state index is 0.0730. The lowest BCUT2D eigenvalue weighted by atomic mass is 10.0. The first-order valence-corrected chi connectivity index (χ1v) is 15.2. The van der Waals surface area contributed by atoms with Gasteiger partial charge < -0.3 is 20.5 Å². The van der Waals surface area contributed by atoms with Crippen molar-refractivity contribution in [2.45, 2.75) is 44.5 Å². The van der Waals surface area contributed by atoms with Gasteiger partial charge in [-0.3, -0.25) is 9.59 Å². The van der Waals surface area contributed by atoms with Gasteiger partial charge in [-0.25, -0.2) is 8.42 Å². The van der Waals surface area contributed by atoms with E-state index in [1.54, 1.807) is 19.9 Å². The largest absolute Gasteiger partial charge is 0.416 e. The van der Waals surface area contributed by atoms with Crippen molar-refractivity contribution >= 4 is 39.0 Å². The summed E-state index contributed by atoms with van der Waals surface area (Å²) in [5, 5.41) is 5.67. The topological polar surface area (TPSA) is 111 Å². The van der Waals surface area contributed by atoms with Gasteiger partial charge in [-0.15, -0.1) is 0 Å². The summed E-state index contributed by atoms with van der Waals surface area (Å²) >= 11 is 0. The van der Waals surface area contributed by atoms with Crippen LogP contribution < -0.4 is 10.6 Å². The molecular weight excluding hydrogens is 569 g/mol. The van der Waals surface area contributed by atoms with E-state index in [0.717, 1.165) is 43.9 Å². The van der Waals surface area contributed by atoms with E-state index < -0.39 is 33.2 Å². The fourth-order valence-corrected chi connectivity index (χ4v) is 6.33. The number of fused-ring (bicyclic) bond motifs is 1. The minimum atomic E-state index is -4.52. The highest BCUT2D eigenvalue weighted by atomic mass is 32.2. The van der Waals surface area contributed by atoms with E-state index in [-0.39, 0.29) is 21.9 Å². The number of nitrogens with one attached hydrogen (secondary N) is 3. The Kier molecular flexibility index (Phi) is 8.98. The van der Waals surface area contributed by atoms with E-state index in [1.165, 1.54) is 18.2 Å². The van der Waals surface area contributed by atoms with Gasteiger partial charge in [0.2, 0.25) is 0 Å². The van der Waals surface area contributed by atoms with Gasteiger partial charge in [0.05, 0.1) is 27.3 Å². The van der Waals surface area contributed by atoms with Gasteiger partial charge >= 0.3 is 6.18 Å². The average Bonchev–Trinajstić information content (AvgIpc) is 3.39. The number of nitrogens with zero attached hydrogens (tertiary/aromatic N) is 1. The molecule has 0 unspecified atom stereocenters. The van der Waals surface area contributed by atoms with Crippen LogP contribution in [0.2, 0.25) is 0 Å². The summed E-state index contributed by atoms with van der Waals surface area (Å²) in [6.07, 6.45) is -2.94. The van der Waals surface area contributed by atoms with Gasteiger partial charge in [-0.2, -0.15) is 13.2 Å². The molecular formula is C30H33F3N4O4S. The standard InChI is InChI=1S/C30H33F3N4O4S/c1-5-37(6-2)14-13-34-29(39)27-18(3)26(35-19(27)4)16-24-23-15-22(11-12-25(23)36-28(24)38)42(40,41)17-20-7-9-21(10-8-20)30(31,32)33/h7-12,15-16,35H,5-6,13-14,17H2,1-4H3,(H,34,39)(H,36,38)/b24-16-. The third-order valence-corrected chi connectivity index (χ3v) is 9.06. The second kappa shape index (κ2) is 12.1. The Hall–Kier alpha value is -3.90. The molecule has 2 heterocycles. The summed E-state index contributed by atoms with van der Waals surface area (Å²) in [5.74, 6) is -1.17. The third kappa shape index (κ3) is 6.60. The van der Waals surface area contributed by atoms with Crippen molar-refractivity contribution < 1.29 is 31.2 Å². The van der Waals surface area contributed by atoms with Crippen molar-refractivity contribution in [1.29, 1.82) is 0 Å². The Morgan fingerprint density at radius 2 is 1.71 bits per heavy atom. The Bertz CT molecular complexity index is 1640. The van der Waals surface area contributed by atoms with Gasteiger partial charge in [-0.1, -0.05) is 26.0 Å². The number of sulfone groups is 1. The van der Waals surface area contributed by atoms with Gasteiger partial charge in [0.25, 0.3) is 11.8 Å². The SMILES string of the molecule is CCN(CC)CCNC(=O)c1c(C)[nH]c(/C=C2\C(=O)Nc3ccc(S(=O)(=O)Cc4ccc(C(F)(F)F)cc4)cc32)c1C. The number of rotatable bonds is 10. The number of H-pyrrole nitrogens is 1. The summed E-state index contributed by atoms with van der Waals surface area (Å²) in [5.41, 5.74) is 2.64. The molecule has 3 aromatic rings. The molecule has 0 saturated carbocycles. The highest BCUT2D eigenvalue weighted by Crippen LogP contribution is 2.36. The lowest BCUT2D eigenvalue weighted by Crippen LogP contribution is -2.35. The molecule has 4 rings (SSSR count). The lowest BCUT2D eigenvalue weighted by molar-refractivity contribution is -0.137. The van der Waals surface area contributed by atoms with Crippen LogP contribution in [-0.4, -0.2) is 56.3 Å². The second-order valence-electron chi connectivity index (χ2n) is 10.1. The number of benzene rings is 2. The van der Waals surface area contributed by atoms with E-state index in [0.29, 0.717) is 40.3 Å². The highest BCUT2D eigenvalue weighted by Gasteiger charge is 2.31. The maximum atomic E-state index is 13.2. The Morgan fingerprint density at radius 3 is 2.33 bits per heavy atom. The molecule has 2 aromatic carbocycles. The van der Waals surface area contributed by atoms with Gasteiger partial charge in [0, 0.05) is 35.7 Å². The van der Waals surface area contributed by atoms with Crippen LogP contribution in [0, 0.1) is 13.8 Å². The van der Waals surface area contributed by atoms with Crippen LogP contribution in [0.3, 0.4) is 0 Å². The zero-order valence-corrected chi connectivity index (χ0v) is 24.6. The molecule has 0 fully saturated rings. The molecule has 2 amide bonds. The first-order valence-electron chi connectivity index (χ1n) is 13.5. The van der Waals surface area contributed by atoms with Crippen molar-refractivity contribution in [2.24, 2.45) is 0 Å². The van der Waals surface area contributed by atoms with Crippen molar-refractivity contribution in [3.05, 3.63) is 81.7 Å². The molecule has 0 aliphatic carbocycles. The number of hydrogen-bond acceptors (Lipinski definition) is 5. The summed E-state index contributed by atoms with van der Waals surface area (Å²) in [7, 11) is -3.95. The first-order chi connectivity index (χ1) is 19.7. The fraction of sp³-hybridized carbons (Fsp3) is 0.333. The second-order valence-corrected chi connectivity index (χ2v) is 12.1. The van der Waals surface area contributed by atoms with Gasteiger partial charge in [0.15, 0.2) is 9.84 Å². The maximum Gasteiger partial charge on any atom is 0.416 e. The monoisotopic (exact) mass is 602 g/mol. The number of halogens is 3. The number of likely N-dealkylation sites (N-methyl/N-ethyl adjacent to an activating group) is 1. The maximum absolute atomic E-state index is 13.2. The third-order valence-electron chi connectivity index (χ3n) is 7.37. The molecule has 8 nitrogen and oxygen atoms in total. The van der Waals surface area contributed by atoms with Crippen LogP contribution in [0.5, 0.6) is 0 Å². The van der Waals surface area contributed by atoms with Crippen LogP contribution in [0.1, 0.15) is 57.8 Å².